The van der Waals surface area contributed by atoms with E-state index in [4.69, 9.17) is 9.68 Å². The van der Waals surface area contributed by atoms with Gasteiger partial charge in [-0.1, -0.05) is 13.0 Å². The standard InChI is InChI=1S/C12H12N2O/c1-3-9(7-13)10-4-5-12-11(6-10)14-8(2)15-12/h4-6,9H,3H2,1-2H3. The molecule has 0 saturated carbocycles. The van der Waals surface area contributed by atoms with Crippen molar-refractivity contribution in [1.82, 2.24) is 4.98 Å². The number of fused-ring (bicyclic) bond motifs is 1. The molecule has 1 aromatic carbocycles. The fourth-order valence-electron chi connectivity index (χ4n) is 1.68. The summed E-state index contributed by atoms with van der Waals surface area (Å²) in [5, 5.41) is 8.96. The highest BCUT2D eigenvalue weighted by Gasteiger charge is 2.10. The van der Waals surface area contributed by atoms with Gasteiger partial charge < -0.3 is 4.42 Å². The van der Waals surface area contributed by atoms with Crippen LogP contribution in [0, 0.1) is 18.3 Å². The number of hydrogen-bond acceptors (Lipinski definition) is 3. The first-order valence-corrected chi connectivity index (χ1v) is 5.01. The molecular formula is C12H12N2O. The van der Waals surface area contributed by atoms with Gasteiger partial charge >= 0.3 is 0 Å². The molecule has 3 nitrogen and oxygen atoms in total. The molecule has 0 bridgehead atoms. The van der Waals surface area contributed by atoms with E-state index in [1.165, 1.54) is 0 Å². The molecule has 76 valence electrons. The summed E-state index contributed by atoms with van der Waals surface area (Å²) in [6.07, 6.45) is 0.818. The summed E-state index contributed by atoms with van der Waals surface area (Å²) in [5.41, 5.74) is 2.63. The number of oxazole rings is 1. The molecule has 1 atom stereocenters. The van der Waals surface area contributed by atoms with Crippen molar-refractivity contribution in [3.63, 3.8) is 0 Å². The van der Waals surface area contributed by atoms with Crippen LogP contribution >= 0.6 is 0 Å². The van der Waals surface area contributed by atoms with E-state index in [-0.39, 0.29) is 5.92 Å². The summed E-state index contributed by atoms with van der Waals surface area (Å²) in [6, 6.07) is 8.03. The second kappa shape index (κ2) is 3.74. The molecule has 0 fully saturated rings. The van der Waals surface area contributed by atoms with Crippen LogP contribution < -0.4 is 0 Å². The van der Waals surface area contributed by atoms with E-state index in [0.29, 0.717) is 5.89 Å². The summed E-state index contributed by atoms with van der Waals surface area (Å²) in [5.74, 6) is 0.610. The lowest BCUT2D eigenvalue weighted by Gasteiger charge is -2.04. The van der Waals surface area contributed by atoms with Crippen LogP contribution in [0.25, 0.3) is 11.1 Å². The van der Waals surface area contributed by atoms with E-state index in [1.54, 1.807) is 0 Å². The quantitative estimate of drug-likeness (QED) is 0.748. The lowest BCUT2D eigenvalue weighted by molar-refractivity contribution is 0.561. The Morgan fingerprint density at radius 3 is 3.00 bits per heavy atom. The Kier molecular flexibility index (Phi) is 2.42. The highest BCUT2D eigenvalue weighted by Crippen LogP contribution is 2.23. The molecule has 2 aromatic rings. The second-order valence-electron chi connectivity index (χ2n) is 3.55. The Balaban J connectivity index is 2.51. The Morgan fingerprint density at radius 2 is 2.33 bits per heavy atom. The number of hydrogen-bond donors (Lipinski definition) is 0. The molecule has 3 heteroatoms. The summed E-state index contributed by atoms with van der Waals surface area (Å²) >= 11 is 0. The van der Waals surface area contributed by atoms with Crippen molar-refractivity contribution in [1.29, 1.82) is 5.26 Å². The van der Waals surface area contributed by atoms with E-state index in [9.17, 15) is 0 Å². The van der Waals surface area contributed by atoms with Crippen LogP contribution in [0.1, 0.15) is 30.7 Å². The maximum Gasteiger partial charge on any atom is 0.192 e. The van der Waals surface area contributed by atoms with Crippen molar-refractivity contribution in [3.8, 4) is 6.07 Å². The Labute approximate surface area is 88.3 Å². The molecule has 2 rings (SSSR count). The van der Waals surface area contributed by atoms with Crippen LogP contribution in [0.3, 0.4) is 0 Å². The minimum atomic E-state index is -0.0496. The number of rotatable bonds is 2. The third-order valence-electron chi connectivity index (χ3n) is 2.49. The third-order valence-corrected chi connectivity index (χ3v) is 2.49. The summed E-state index contributed by atoms with van der Waals surface area (Å²) in [7, 11) is 0. The SMILES string of the molecule is CCC(C#N)c1ccc2oc(C)nc2c1. The van der Waals surface area contributed by atoms with Crippen LogP contribution in [0.2, 0.25) is 0 Å². The van der Waals surface area contributed by atoms with Crippen molar-refractivity contribution in [3.05, 3.63) is 29.7 Å². The molecule has 0 aliphatic rings. The van der Waals surface area contributed by atoms with Gasteiger partial charge in [0.1, 0.15) is 5.52 Å². The van der Waals surface area contributed by atoms with E-state index in [1.807, 2.05) is 32.0 Å². The van der Waals surface area contributed by atoms with Gasteiger partial charge in [0.15, 0.2) is 11.5 Å². The zero-order valence-corrected chi connectivity index (χ0v) is 8.82. The van der Waals surface area contributed by atoms with E-state index in [0.717, 1.165) is 23.1 Å². The first kappa shape index (κ1) is 9.72. The zero-order chi connectivity index (χ0) is 10.8. The lowest BCUT2D eigenvalue weighted by Crippen LogP contribution is -1.92. The van der Waals surface area contributed by atoms with Gasteiger partial charge in [0.2, 0.25) is 0 Å². The molecule has 15 heavy (non-hydrogen) atoms. The van der Waals surface area contributed by atoms with Gasteiger partial charge in [0.05, 0.1) is 12.0 Å². The Bertz CT molecular complexity index is 522. The highest BCUT2D eigenvalue weighted by atomic mass is 16.3. The van der Waals surface area contributed by atoms with Crippen LogP contribution in [0.4, 0.5) is 0 Å². The molecule has 0 saturated heterocycles. The lowest BCUT2D eigenvalue weighted by atomic mass is 9.98. The number of aromatic nitrogens is 1. The van der Waals surface area contributed by atoms with Crippen LogP contribution in [-0.4, -0.2) is 4.98 Å². The minimum Gasteiger partial charge on any atom is -0.441 e. The predicted octanol–water partition coefficient (Wildman–Crippen LogP) is 3.15. The molecule has 0 aliphatic heterocycles. The average molecular weight is 200 g/mol. The molecule has 0 aliphatic carbocycles. The number of nitrogens with zero attached hydrogens (tertiary/aromatic N) is 2. The van der Waals surface area contributed by atoms with Crippen molar-refractivity contribution in [2.75, 3.05) is 0 Å². The van der Waals surface area contributed by atoms with Crippen LogP contribution in [0.5, 0.6) is 0 Å². The fourth-order valence-corrected chi connectivity index (χ4v) is 1.68. The van der Waals surface area contributed by atoms with Crippen LogP contribution in [0.15, 0.2) is 22.6 Å². The topological polar surface area (TPSA) is 49.8 Å². The second-order valence-corrected chi connectivity index (χ2v) is 3.55. The molecule has 0 amide bonds. The Morgan fingerprint density at radius 1 is 1.53 bits per heavy atom. The fraction of sp³-hybridized carbons (Fsp3) is 0.333. The highest BCUT2D eigenvalue weighted by molar-refractivity contribution is 5.73. The number of aryl methyl sites for hydroxylation is 1. The van der Waals surface area contributed by atoms with Gasteiger partial charge in [0.25, 0.3) is 0 Å². The Hall–Kier alpha value is -1.82. The molecule has 0 spiro atoms. The van der Waals surface area contributed by atoms with Gasteiger partial charge in [-0.2, -0.15) is 5.26 Å². The van der Waals surface area contributed by atoms with Gasteiger partial charge in [-0.3, -0.25) is 0 Å². The van der Waals surface area contributed by atoms with Crippen molar-refractivity contribution >= 4 is 11.1 Å². The molecule has 1 unspecified atom stereocenters. The van der Waals surface area contributed by atoms with Gasteiger partial charge in [-0.05, 0) is 24.1 Å². The first-order chi connectivity index (χ1) is 7.24. The summed E-state index contributed by atoms with van der Waals surface area (Å²) < 4.78 is 5.38. The van der Waals surface area contributed by atoms with E-state index < -0.39 is 0 Å². The van der Waals surface area contributed by atoms with Gasteiger partial charge in [-0.15, -0.1) is 0 Å². The monoisotopic (exact) mass is 200 g/mol. The zero-order valence-electron chi connectivity index (χ0n) is 8.82. The third kappa shape index (κ3) is 1.71. The first-order valence-electron chi connectivity index (χ1n) is 5.01. The van der Waals surface area contributed by atoms with Crippen molar-refractivity contribution in [2.45, 2.75) is 26.2 Å². The average Bonchev–Trinajstić information content (AvgIpc) is 2.59. The predicted molar refractivity (Wildman–Crippen MR) is 57.4 cm³/mol. The number of nitriles is 1. The molecule has 1 aromatic heterocycles. The molecular weight excluding hydrogens is 188 g/mol. The number of benzene rings is 1. The van der Waals surface area contributed by atoms with Crippen molar-refractivity contribution in [2.24, 2.45) is 0 Å². The molecule has 0 radical (unpaired) electrons. The van der Waals surface area contributed by atoms with E-state index >= 15 is 0 Å². The smallest absolute Gasteiger partial charge is 0.192 e. The minimum absolute atomic E-state index is 0.0496. The van der Waals surface area contributed by atoms with Crippen LogP contribution in [-0.2, 0) is 0 Å². The maximum absolute atomic E-state index is 8.96. The van der Waals surface area contributed by atoms with Gasteiger partial charge in [-0.25, -0.2) is 4.98 Å². The normalized spacial score (nSPS) is 12.6. The molecule has 0 N–H and O–H groups in total. The summed E-state index contributed by atoms with van der Waals surface area (Å²) in [6.45, 7) is 3.83. The van der Waals surface area contributed by atoms with E-state index in [2.05, 4.69) is 11.1 Å². The van der Waals surface area contributed by atoms with Crippen molar-refractivity contribution < 1.29 is 4.42 Å². The largest absolute Gasteiger partial charge is 0.441 e. The molecule has 1 heterocycles. The van der Waals surface area contributed by atoms with Gasteiger partial charge in [0, 0.05) is 6.92 Å². The summed E-state index contributed by atoms with van der Waals surface area (Å²) in [4.78, 5) is 4.25. The maximum atomic E-state index is 8.96.